The summed E-state index contributed by atoms with van der Waals surface area (Å²) in [5.74, 6) is 0.362. The number of anilines is 1. The Bertz CT molecular complexity index is 1150. The maximum atomic E-state index is 12.4. The molecule has 0 aliphatic carbocycles. The Balaban J connectivity index is 1.43. The number of amides is 3. The Kier molecular flexibility index (Phi) is 8.44. The van der Waals surface area contributed by atoms with Crippen LogP contribution in [0.5, 0.6) is 5.75 Å². The van der Waals surface area contributed by atoms with Gasteiger partial charge >= 0.3 is 6.03 Å². The zero-order valence-electron chi connectivity index (χ0n) is 20.1. The van der Waals surface area contributed by atoms with Crippen LogP contribution in [0.25, 0.3) is 0 Å². The van der Waals surface area contributed by atoms with Crippen LogP contribution >= 0.6 is 0 Å². The normalized spacial score (nSPS) is 16.1. The highest BCUT2D eigenvalue weighted by atomic mass is 16.5. The molecule has 4 rings (SSSR count). The van der Waals surface area contributed by atoms with E-state index in [0.29, 0.717) is 35.1 Å². The van der Waals surface area contributed by atoms with E-state index in [4.69, 9.17) is 4.74 Å². The largest absolute Gasteiger partial charge is 0.488 e. The Morgan fingerprint density at radius 2 is 1.97 bits per heavy atom. The summed E-state index contributed by atoms with van der Waals surface area (Å²) in [6, 6.07) is 12.5. The predicted molar refractivity (Wildman–Crippen MR) is 133 cm³/mol. The standard InChI is InChI=1S/C26H33N5O4/c1-2-3-13-28-25(33)18-7-9-19(10-8-18)31(20-11-14-27-15-12-20)16-21(32)17-35-23-6-4-5-22-24(23)30-26(34)29-22/h4-10,20-21,27,32H,2-3,11-17H2,1H3,(H,28,33)/t21-/m1/s1. The summed E-state index contributed by atoms with van der Waals surface area (Å²) >= 11 is 0. The van der Waals surface area contributed by atoms with Crippen molar-refractivity contribution in [3.63, 3.8) is 0 Å². The van der Waals surface area contributed by atoms with Gasteiger partial charge in [-0.3, -0.25) is 4.79 Å². The summed E-state index contributed by atoms with van der Waals surface area (Å²) in [5.41, 5.74) is 1.58. The number of fused-ring (bicyclic) bond motifs is 1. The third-order valence-corrected chi connectivity index (χ3v) is 6.27. The predicted octanol–water partition coefficient (Wildman–Crippen LogP) is 1.59. The van der Waals surface area contributed by atoms with Crippen LogP contribution in [0.1, 0.15) is 43.0 Å². The number of piperidine rings is 1. The summed E-state index contributed by atoms with van der Waals surface area (Å²) in [5, 5.41) is 18.1. The van der Waals surface area contributed by atoms with Crippen molar-refractivity contribution in [2.24, 2.45) is 9.98 Å². The van der Waals surface area contributed by atoms with Crippen molar-refractivity contribution in [2.75, 3.05) is 37.7 Å². The number of urea groups is 1. The van der Waals surface area contributed by atoms with Crippen molar-refractivity contribution in [2.45, 2.75) is 44.8 Å². The van der Waals surface area contributed by atoms with Gasteiger partial charge in [0, 0.05) is 30.4 Å². The van der Waals surface area contributed by atoms with E-state index in [1.807, 2.05) is 24.3 Å². The van der Waals surface area contributed by atoms with Gasteiger partial charge in [0.05, 0.1) is 5.36 Å². The number of carbonyl (C=O) groups is 2. The minimum Gasteiger partial charge on any atom is -0.488 e. The zero-order chi connectivity index (χ0) is 24.6. The van der Waals surface area contributed by atoms with Gasteiger partial charge in [0.15, 0.2) is 0 Å². The second-order valence-corrected chi connectivity index (χ2v) is 8.88. The van der Waals surface area contributed by atoms with E-state index in [1.54, 1.807) is 18.2 Å². The zero-order valence-corrected chi connectivity index (χ0v) is 20.1. The molecule has 9 heteroatoms. The molecule has 35 heavy (non-hydrogen) atoms. The van der Waals surface area contributed by atoms with E-state index in [9.17, 15) is 14.7 Å². The highest BCUT2D eigenvalue weighted by molar-refractivity contribution is 5.94. The van der Waals surface area contributed by atoms with Gasteiger partial charge in [-0.05, 0) is 68.8 Å². The van der Waals surface area contributed by atoms with Gasteiger partial charge in [-0.1, -0.05) is 19.4 Å². The smallest absolute Gasteiger partial charge is 0.368 e. The molecule has 9 nitrogen and oxygen atoms in total. The van der Waals surface area contributed by atoms with E-state index < -0.39 is 12.1 Å². The minimum absolute atomic E-state index is 0.0551. The van der Waals surface area contributed by atoms with E-state index in [2.05, 4.69) is 32.4 Å². The quantitative estimate of drug-likeness (QED) is 0.422. The van der Waals surface area contributed by atoms with Gasteiger partial charge < -0.3 is 25.4 Å². The monoisotopic (exact) mass is 479 g/mol. The average Bonchev–Trinajstić information content (AvgIpc) is 3.27. The van der Waals surface area contributed by atoms with Gasteiger partial charge in [0.2, 0.25) is 0 Å². The molecule has 2 aliphatic heterocycles. The van der Waals surface area contributed by atoms with Crippen LogP contribution in [0.2, 0.25) is 0 Å². The first-order chi connectivity index (χ1) is 17.0. The first-order valence-corrected chi connectivity index (χ1v) is 12.3. The number of nitrogens with zero attached hydrogens (tertiary/aromatic N) is 3. The average molecular weight is 480 g/mol. The van der Waals surface area contributed by atoms with Crippen molar-refractivity contribution in [3.8, 4) is 5.75 Å². The first kappa shape index (κ1) is 24.8. The molecule has 3 amide bonds. The summed E-state index contributed by atoms with van der Waals surface area (Å²) in [7, 11) is 0. The second kappa shape index (κ2) is 11.9. The van der Waals surface area contributed by atoms with Gasteiger partial charge in [-0.15, -0.1) is 0 Å². The molecule has 186 valence electrons. The Morgan fingerprint density at radius 3 is 2.71 bits per heavy atom. The van der Waals surface area contributed by atoms with E-state index >= 15 is 0 Å². The van der Waals surface area contributed by atoms with Crippen LogP contribution in [0.15, 0.2) is 52.4 Å². The molecule has 2 heterocycles. The maximum Gasteiger partial charge on any atom is 0.368 e. The number of ether oxygens (including phenoxy) is 1. The van der Waals surface area contributed by atoms with Crippen LogP contribution in [0.4, 0.5) is 10.5 Å². The third kappa shape index (κ3) is 6.43. The van der Waals surface area contributed by atoms with Crippen molar-refractivity contribution in [1.29, 1.82) is 0 Å². The molecule has 1 atom stereocenters. The molecule has 2 aliphatic rings. The van der Waals surface area contributed by atoms with E-state index in [-0.39, 0.29) is 18.6 Å². The molecular weight excluding hydrogens is 446 g/mol. The highest BCUT2D eigenvalue weighted by Gasteiger charge is 2.24. The lowest BCUT2D eigenvalue weighted by atomic mass is 10.0. The molecule has 0 bridgehead atoms. The fourth-order valence-corrected chi connectivity index (χ4v) is 4.39. The molecule has 1 saturated heterocycles. The van der Waals surface area contributed by atoms with Gasteiger partial charge in [-0.2, -0.15) is 9.98 Å². The molecule has 0 radical (unpaired) electrons. The van der Waals surface area contributed by atoms with Crippen molar-refractivity contribution in [1.82, 2.24) is 10.6 Å². The SMILES string of the molecule is CCCCNC(=O)c1ccc(N(C[C@@H](O)COc2cccc3c2=NC(=O)N=3)C2CCNCC2)cc1. The van der Waals surface area contributed by atoms with Crippen molar-refractivity contribution < 1.29 is 19.4 Å². The number of hydrogen-bond donors (Lipinski definition) is 3. The van der Waals surface area contributed by atoms with Crippen LogP contribution < -0.4 is 31.0 Å². The lowest BCUT2D eigenvalue weighted by Gasteiger charge is -2.37. The Labute approximate surface area is 204 Å². The molecule has 1 fully saturated rings. The number of rotatable bonds is 11. The van der Waals surface area contributed by atoms with Crippen molar-refractivity contribution in [3.05, 3.63) is 58.7 Å². The summed E-state index contributed by atoms with van der Waals surface area (Å²) < 4.78 is 5.83. The number of para-hydroxylation sites is 1. The minimum atomic E-state index is -0.771. The second-order valence-electron chi connectivity index (χ2n) is 8.88. The van der Waals surface area contributed by atoms with Crippen LogP contribution in [0.3, 0.4) is 0 Å². The van der Waals surface area contributed by atoms with E-state index in [1.165, 1.54) is 0 Å². The number of aliphatic hydroxyl groups excluding tert-OH is 1. The number of unbranched alkanes of at least 4 members (excludes halogenated alkanes) is 1. The summed E-state index contributed by atoms with van der Waals surface area (Å²) in [6.45, 7) is 5.03. The van der Waals surface area contributed by atoms with Crippen LogP contribution in [-0.4, -0.2) is 62.0 Å². The lowest BCUT2D eigenvalue weighted by Crippen LogP contribution is -2.47. The van der Waals surface area contributed by atoms with Gasteiger partial charge in [0.25, 0.3) is 5.91 Å². The lowest BCUT2D eigenvalue weighted by molar-refractivity contribution is 0.0953. The van der Waals surface area contributed by atoms with Gasteiger partial charge in [0.1, 0.15) is 23.8 Å². The number of carbonyl (C=O) groups excluding carboxylic acids is 2. The molecule has 2 aromatic rings. The molecule has 0 saturated carbocycles. The van der Waals surface area contributed by atoms with Crippen LogP contribution in [-0.2, 0) is 0 Å². The maximum absolute atomic E-state index is 12.4. The molecule has 0 spiro atoms. The summed E-state index contributed by atoms with van der Waals surface area (Å²) in [4.78, 5) is 33.8. The molecule has 3 N–H and O–H groups in total. The van der Waals surface area contributed by atoms with Gasteiger partial charge in [-0.25, -0.2) is 4.79 Å². The van der Waals surface area contributed by atoms with Crippen LogP contribution in [0, 0.1) is 0 Å². The molecule has 0 aromatic heterocycles. The number of nitrogens with one attached hydrogen (secondary N) is 2. The number of aliphatic hydroxyl groups is 1. The molecule has 0 unspecified atom stereocenters. The Hall–Kier alpha value is -3.30. The molecule has 2 aromatic carbocycles. The number of benzene rings is 2. The highest BCUT2D eigenvalue weighted by Crippen LogP contribution is 2.23. The summed E-state index contributed by atoms with van der Waals surface area (Å²) in [6.07, 6.45) is 3.14. The topological polar surface area (TPSA) is 116 Å². The fraction of sp³-hybridized carbons (Fsp3) is 0.462. The fourth-order valence-electron chi connectivity index (χ4n) is 4.39. The van der Waals surface area contributed by atoms with Crippen molar-refractivity contribution >= 4 is 17.6 Å². The number of hydrogen-bond acceptors (Lipinski definition) is 6. The Morgan fingerprint density at radius 1 is 1.20 bits per heavy atom. The third-order valence-electron chi connectivity index (χ3n) is 6.27. The van der Waals surface area contributed by atoms with E-state index in [0.717, 1.165) is 44.5 Å². The first-order valence-electron chi connectivity index (χ1n) is 12.3. The molecular formula is C26H33N5O4.